The number of hydrogen-bond acceptors (Lipinski definition) is 3. The Bertz CT molecular complexity index is 980. The molecule has 0 aliphatic heterocycles. The van der Waals surface area contributed by atoms with Crippen molar-refractivity contribution in [1.82, 2.24) is 5.43 Å². The molecular weight excluding hydrogens is 442 g/mol. The number of anilines is 2. The minimum absolute atomic E-state index is 0.0477. The zero-order chi connectivity index (χ0) is 21.3. The lowest BCUT2D eigenvalue weighted by atomic mass is 10.1. The first-order chi connectivity index (χ1) is 14.5. The smallest absolute Gasteiger partial charge is 0.240 e. The molecule has 0 saturated heterocycles. The first-order valence-electron chi connectivity index (χ1n) is 9.57. The van der Waals surface area contributed by atoms with Crippen molar-refractivity contribution in [1.29, 1.82) is 0 Å². The largest absolute Gasteiger partial charge is 0.281 e. The molecule has 30 heavy (non-hydrogen) atoms. The van der Waals surface area contributed by atoms with Gasteiger partial charge < -0.3 is 0 Å². The summed E-state index contributed by atoms with van der Waals surface area (Å²) < 4.78 is 0.975. The van der Waals surface area contributed by atoms with E-state index in [2.05, 4.69) is 26.5 Å². The van der Waals surface area contributed by atoms with E-state index in [-0.39, 0.29) is 24.7 Å². The first kappa shape index (κ1) is 21.5. The van der Waals surface area contributed by atoms with Gasteiger partial charge in [-0.25, -0.2) is 5.43 Å². The van der Waals surface area contributed by atoms with Gasteiger partial charge in [-0.15, -0.1) is 0 Å². The van der Waals surface area contributed by atoms with Gasteiger partial charge in [-0.1, -0.05) is 64.5 Å². The molecule has 5 nitrogen and oxygen atoms in total. The number of hydrogen-bond donors (Lipinski definition) is 1. The van der Waals surface area contributed by atoms with Gasteiger partial charge in [-0.2, -0.15) is 5.10 Å². The van der Waals surface area contributed by atoms with Gasteiger partial charge in [0.25, 0.3) is 0 Å². The highest BCUT2D eigenvalue weighted by Crippen LogP contribution is 2.26. The van der Waals surface area contributed by atoms with Crippen LogP contribution in [0.25, 0.3) is 0 Å². The molecular formula is C24H22BrN3O2. The molecule has 0 aromatic heterocycles. The Hall–Kier alpha value is -3.25. The van der Waals surface area contributed by atoms with Crippen LogP contribution in [0.4, 0.5) is 11.4 Å². The van der Waals surface area contributed by atoms with E-state index in [0.29, 0.717) is 5.71 Å². The highest BCUT2D eigenvalue weighted by Gasteiger charge is 2.18. The van der Waals surface area contributed by atoms with Crippen molar-refractivity contribution in [3.8, 4) is 0 Å². The highest BCUT2D eigenvalue weighted by atomic mass is 79.9. The molecule has 3 rings (SSSR count). The van der Waals surface area contributed by atoms with Gasteiger partial charge in [0.05, 0.1) is 5.71 Å². The number of para-hydroxylation sites is 2. The summed E-state index contributed by atoms with van der Waals surface area (Å²) in [5, 5.41) is 4.14. The van der Waals surface area contributed by atoms with Crippen molar-refractivity contribution in [3.63, 3.8) is 0 Å². The maximum absolute atomic E-state index is 12.9. The molecule has 0 fully saturated rings. The van der Waals surface area contributed by atoms with Crippen LogP contribution < -0.4 is 10.3 Å². The predicted molar refractivity (Wildman–Crippen MR) is 124 cm³/mol. The lowest BCUT2D eigenvalue weighted by molar-refractivity contribution is -0.124. The normalized spacial score (nSPS) is 11.1. The van der Waals surface area contributed by atoms with Crippen LogP contribution in [0.15, 0.2) is 94.5 Å². The molecule has 0 saturated carbocycles. The Kier molecular flexibility index (Phi) is 7.51. The molecule has 0 bridgehead atoms. The van der Waals surface area contributed by atoms with Crippen molar-refractivity contribution >= 4 is 44.8 Å². The van der Waals surface area contributed by atoms with Crippen LogP contribution in [0.1, 0.15) is 25.3 Å². The number of hydrazone groups is 1. The van der Waals surface area contributed by atoms with E-state index in [9.17, 15) is 9.59 Å². The summed E-state index contributed by atoms with van der Waals surface area (Å²) in [6, 6.07) is 26.5. The summed E-state index contributed by atoms with van der Waals surface area (Å²) in [5.74, 6) is -0.461. The second kappa shape index (κ2) is 10.5. The summed E-state index contributed by atoms with van der Waals surface area (Å²) in [6.07, 6.45) is 0.120. The van der Waals surface area contributed by atoms with Crippen molar-refractivity contribution in [2.24, 2.45) is 5.10 Å². The Balaban J connectivity index is 1.63. The summed E-state index contributed by atoms with van der Waals surface area (Å²) in [7, 11) is 0. The van der Waals surface area contributed by atoms with E-state index in [1.807, 2.05) is 91.9 Å². The minimum atomic E-state index is -0.305. The predicted octanol–water partition coefficient (Wildman–Crippen LogP) is 5.43. The number of nitrogens with one attached hydrogen (secondary N) is 1. The van der Waals surface area contributed by atoms with Crippen molar-refractivity contribution in [2.45, 2.75) is 19.8 Å². The van der Waals surface area contributed by atoms with Crippen LogP contribution in [0.3, 0.4) is 0 Å². The molecule has 0 atom stereocenters. The zero-order valence-corrected chi connectivity index (χ0v) is 18.2. The van der Waals surface area contributed by atoms with Crippen LogP contribution in [0, 0.1) is 0 Å². The molecule has 6 heteroatoms. The lowest BCUT2D eigenvalue weighted by Gasteiger charge is -2.23. The third-order valence-corrected chi connectivity index (χ3v) is 4.98. The summed E-state index contributed by atoms with van der Waals surface area (Å²) in [4.78, 5) is 26.8. The molecule has 0 aliphatic carbocycles. The molecule has 1 N–H and O–H groups in total. The van der Waals surface area contributed by atoms with Gasteiger partial charge in [-0.05, 0) is 48.9 Å². The first-order valence-corrected chi connectivity index (χ1v) is 10.4. The van der Waals surface area contributed by atoms with Gasteiger partial charge in [0.15, 0.2) is 0 Å². The molecule has 0 unspecified atom stereocenters. The number of rotatable bonds is 7. The highest BCUT2D eigenvalue weighted by molar-refractivity contribution is 9.10. The molecule has 0 spiro atoms. The lowest BCUT2D eigenvalue weighted by Crippen LogP contribution is -2.28. The maximum atomic E-state index is 12.9. The maximum Gasteiger partial charge on any atom is 0.240 e. The monoisotopic (exact) mass is 463 g/mol. The number of amides is 2. The van der Waals surface area contributed by atoms with Gasteiger partial charge in [0.1, 0.15) is 0 Å². The van der Waals surface area contributed by atoms with E-state index in [0.717, 1.165) is 21.4 Å². The van der Waals surface area contributed by atoms with E-state index in [4.69, 9.17) is 0 Å². The Morgan fingerprint density at radius 2 is 1.37 bits per heavy atom. The quantitative estimate of drug-likeness (QED) is 0.374. The van der Waals surface area contributed by atoms with E-state index < -0.39 is 0 Å². The Morgan fingerprint density at radius 1 is 0.833 bits per heavy atom. The summed E-state index contributed by atoms with van der Waals surface area (Å²) >= 11 is 3.39. The molecule has 0 heterocycles. The van der Waals surface area contributed by atoms with E-state index in [1.54, 1.807) is 4.90 Å². The fourth-order valence-electron chi connectivity index (χ4n) is 2.88. The van der Waals surface area contributed by atoms with Gasteiger partial charge in [0, 0.05) is 28.7 Å². The molecule has 2 amide bonds. The zero-order valence-electron chi connectivity index (χ0n) is 16.6. The second-order valence-electron chi connectivity index (χ2n) is 6.64. The van der Waals surface area contributed by atoms with Crippen LogP contribution >= 0.6 is 15.9 Å². The van der Waals surface area contributed by atoms with Gasteiger partial charge in [0.2, 0.25) is 11.8 Å². The van der Waals surface area contributed by atoms with Crippen LogP contribution in [-0.4, -0.2) is 17.5 Å². The van der Waals surface area contributed by atoms with Crippen LogP contribution in [-0.2, 0) is 9.59 Å². The number of benzene rings is 3. The average molecular weight is 464 g/mol. The van der Waals surface area contributed by atoms with Crippen LogP contribution in [0.2, 0.25) is 0 Å². The fraction of sp³-hybridized carbons (Fsp3) is 0.125. The summed E-state index contributed by atoms with van der Waals surface area (Å²) in [5.41, 5.74) is 5.66. The SMILES string of the molecule is CC(=NNC(=O)CCC(=O)N(c1ccccc1)c1ccccc1)c1ccc(Br)cc1. The molecule has 0 aliphatic rings. The number of carbonyl (C=O) groups is 2. The van der Waals surface area contributed by atoms with Gasteiger partial charge >= 0.3 is 0 Å². The second-order valence-corrected chi connectivity index (χ2v) is 7.56. The van der Waals surface area contributed by atoms with E-state index >= 15 is 0 Å². The minimum Gasteiger partial charge on any atom is -0.281 e. The van der Waals surface area contributed by atoms with Crippen molar-refractivity contribution in [3.05, 3.63) is 95.0 Å². The number of carbonyl (C=O) groups excluding carboxylic acids is 2. The van der Waals surface area contributed by atoms with Crippen molar-refractivity contribution < 1.29 is 9.59 Å². The Morgan fingerprint density at radius 3 is 1.90 bits per heavy atom. The number of nitrogens with zero attached hydrogens (tertiary/aromatic N) is 2. The van der Waals surface area contributed by atoms with Gasteiger partial charge in [-0.3, -0.25) is 14.5 Å². The summed E-state index contributed by atoms with van der Waals surface area (Å²) in [6.45, 7) is 1.82. The average Bonchev–Trinajstić information content (AvgIpc) is 2.78. The fourth-order valence-corrected chi connectivity index (χ4v) is 3.15. The Labute approximate surface area is 184 Å². The molecule has 152 valence electrons. The third-order valence-electron chi connectivity index (χ3n) is 4.45. The van der Waals surface area contributed by atoms with Crippen molar-refractivity contribution in [2.75, 3.05) is 4.90 Å². The van der Waals surface area contributed by atoms with E-state index in [1.165, 1.54) is 0 Å². The topological polar surface area (TPSA) is 61.8 Å². The third kappa shape index (κ3) is 5.87. The molecule has 3 aromatic carbocycles. The molecule has 0 radical (unpaired) electrons. The van der Waals surface area contributed by atoms with Crippen LogP contribution in [0.5, 0.6) is 0 Å². The number of halogens is 1. The molecule has 3 aromatic rings. The standard InChI is InChI=1S/C24H22BrN3O2/c1-18(19-12-14-20(25)15-13-19)26-27-23(29)16-17-24(30)28(21-8-4-2-5-9-21)22-10-6-3-7-11-22/h2-15H,16-17H2,1H3,(H,27,29).